The predicted octanol–water partition coefficient (Wildman–Crippen LogP) is 1.13. The molecule has 2 heterocycles. The summed E-state index contributed by atoms with van der Waals surface area (Å²) in [5.41, 5.74) is 0. The van der Waals surface area contributed by atoms with Gasteiger partial charge in [-0.05, 0) is 24.4 Å². The highest BCUT2D eigenvalue weighted by Gasteiger charge is 2.26. The molecule has 0 aromatic carbocycles. The molecule has 1 amide bonds. The zero-order valence-corrected chi connectivity index (χ0v) is 9.21. The van der Waals surface area contributed by atoms with Crippen LogP contribution in [0.15, 0.2) is 22.8 Å². The number of thiocarbonyl (C=S) groups is 1. The van der Waals surface area contributed by atoms with Crippen molar-refractivity contribution < 1.29 is 9.21 Å². The summed E-state index contributed by atoms with van der Waals surface area (Å²) in [5.74, 6) is 0.808. The molecule has 1 fully saturated rings. The van der Waals surface area contributed by atoms with Gasteiger partial charge in [0.05, 0.1) is 18.7 Å². The maximum atomic E-state index is 11.3. The summed E-state index contributed by atoms with van der Waals surface area (Å²) in [6, 6.07) is 3.73. The van der Waals surface area contributed by atoms with Crippen molar-refractivity contribution in [1.82, 2.24) is 10.2 Å². The molecule has 5 heteroatoms. The zero-order chi connectivity index (χ0) is 10.8. The van der Waals surface area contributed by atoms with E-state index in [1.54, 1.807) is 6.26 Å². The third-order valence-corrected chi connectivity index (χ3v) is 2.75. The van der Waals surface area contributed by atoms with Gasteiger partial charge in [-0.2, -0.15) is 0 Å². The first kappa shape index (κ1) is 10.2. The fourth-order valence-electron chi connectivity index (χ4n) is 1.53. The van der Waals surface area contributed by atoms with Crippen LogP contribution in [0, 0.1) is 5.92 Å². The molecule has 1 aromatic heterocycles. The molecular weight excluding hydrogens is 212 g/mol. The van der Waals surface area contributed by atoms with Crippen LogP contribution in [0.25, 0.3) is 0 Å². The van der Waals surface area contributed by atoms with Crippen LogP contribution in [0.5, 0.6) is 0 Å². The predicted molar refractivity (Wildman–Crippen MR) is 59.0 cm³/mol. The molecule has 15 heavy (non-hydrogen) atoms. The van der Waals surface area contributed by atoms with Gasteiger partial charge in [0.25, 0.3) is 0 Å². The maximum absolute atomic E-state index is 11.3. The van der Waals surface area contributed by atoms with Gasteiger partial charge in [0.2, 0.25) is 5.91 Å². The molecule has 0 spiro atoms. The molecule has 0 unspecified atom stereocenters. The van der Waals surface area contributed by atoms with Gasteiger partial charge < -0.3 is 14.6 Å². The highest BCUT2D eigenvalue weighted by Crippen LogP contribution is 2.12. The second kappa shape index (κ2) is 4.02. The van der Waals surface area contributed by atoms with Gasteiger partial charge in [0.1, 0.15) is 5.76 Å². The number of rotatable bonds is 2. The van der Waals surface area contributed by atoms with Crippen LogP contribution in [0.4, 0.5) is 0 Å². The number of furan rings is 1. The fourth-order valence-corrected chi connectivity index (χ4v) is 1.77. The summed E-state index contributed by atoms with van der Waals surface area (Å²) < 4.78 is 5.23. The van der Waals surface area contributed by atoms with E-state index in [-0.39, 0.29) is 11.8 Å². The van der Waals surface area contributed by atoms with Crippen LogP contribution in [0.1, 0.15) is 12.7 Å². The smallest absolute Gasteiger partial charge is 0.230 e. The molecule has 0 aliphatic carbocycles. The molecule has 80 valence electrons. The Balaban J connectivity index is 2.03. The van der Waals surface area contributed by atoms with Crippen molar-refractivity contribution >= 4 is 23.2 Å². The molecule has 1 aliphatic heterocycles. The van der Waals surface area contributed by atoms with Crippen molar-refractivity contribution in [3.8, 4) is 0 Å². The summed E-state index contributed by atoms with van der Waals surface area (Å²) in [4.78, 5) is 13.2. The topological polar surface area (TPSA) is 45.5 Å². The van der Waals surface area contributed by atoms with Gasteiger partial charge >= 0.3 is 0 Å². The Bertz CT molecular complexity index is 375. The quantitative estimate of drug-likeness (QED) is 0.765. The number of hydrogen-bond acceptors (Lipinski definition) is 3. The summed E-state index contributed by atoms with van der Waals surface area (Å²) in [7, 11) is 0. The second-order valence-electron chi connectivity index (χ2n) is 3.66. The van der Waals surface area contributed by atoms with Crippen molar-refractivity contribution in [3.63, 3.8) is 0 Å². The first-order valence-corrected chi connectivity index (χ1v) is 5.20. The Kier molecular flexibility index (Phi) is 2.73. The standard InChI is InChI=1S/C10H12N2O2S/c1-7-5-12(10(15)11-9(7)13)6-8-3-2-4-14-8/h2-4,7H,5-6H2,1H3,(H,11,13,15)/t7-/m0/s1. The Morgan fingerprint density at radius 2 is 2.53 bits per heavy atom. The summed E-state index contributed by atoms with van der Waals surface area (Å²) >= 11 is 5.08. The lowest BCUT2D eigenvalue weighted by molar-refractivity contribution is -0.124. The van der Waals surface area contributed by atoms with Gasteiger partial charge in [-0.3, -0.25) is 4.79 Å². The van der Waals surface area contributed by atoms with Crippen molar-refractivity contribution in [2.45, 2.75) is 13.5 Å². The average Bonchev–Trinajstić information content (AvgIpc) is 2.67. The van der Waals surface area contributed by atoms with Gasteiger partial charge in [-0.25, -0.2) is 0 Å². The molecule has 1 aromatic rings. The SMILES string of the molecule is C[C@H]1CN(Cc2ccco2)C(=S)NC1=O. The molecule has 0 bridgehead atoms. The van der Waals surface area contributed by atoms with Gasteiger partial charge in [-0.15, -0.1) is 0 Å². The second-order valence-corrected chi connectivity index (χ2v) is 4.04. The van der Waals surface area contributed by atoms with Crippen molar-refractivity contribution in [2.24, 2.45) is 5.92 Å². The first-order chi connectivity index (χ1) is 7.16. The minimum Gasteiger partial charge on any atom is -0.467 e. The average molecular weight is 224 g/mol. The Labute approximate surface area is 93.2 Å². The third-order valence-electron chi connectivity index (χ3n) is 2.39. The van der Waals surface area contributed by atoms with Crippen molar-refractivity contribution in [3.05, 3.63) is 24.2 Å². The third kappa shape index (κ3) is 2.18. The number of amides is 1. The van der Waals surface area contributed by atoms with Crippen LogP contribution in [0.2, 0.25) is 0 Å². The van der Waals surface area contributed by atoms with E-state index in [4.69, 9.17) is 16.6 Å². The monoisotopic (exact) mass is 224 g/mol. The van der Waals surface area contributed by atoms with E-state index in [2.05, 4.69) is 5.32 Å². The van der Waals surface area contributed by atoms with Crippen molar-refractivity contribution in [2.75, 3.05) is 6.54 Å². The van der Waals surface area contributed by atoms with E-state index in [0.29, 0.717) is 18.2 Å². The fraction of sp³-hybridized carbons (Fsp3) is 0.400. The lowest BCUT2D eigenvalue weighted by Crippen LogP contribution is -2.52. The van der Waals surface area contributed by atoms with Crippen molar-refractivity contribution in [1.29, 1.82) is 0 Å². The van der Waals surface area contributed by atoms with Crippen LogP contribution < -0.4 is 5.32 Å². The van der Waals surface area contributed by atoms with E-state index >= 15 is 0 Å². The zero-order valence-electron chi connectivity index (χ0n) is 8.40. The van der Waals surface area contributed by atoms with Crippen LogP contribution in [-0.4, -0.2) is 22.5 Å². The summed E-state index contributed by atoms with van der Waals surface area (Å²) in [6.07, 6.45) is 1.63. The number of carbonyl (C=O) groups excluding carboxylic acids is 1. The van der Waals surface area contributed by atoms with Crippen LogP contribution in [-0.2, 0) is 11.3 Å². The number of nitrogens with zero attached hydrogens (tertiary/aromatic N) is 1. The Morgan fingerprint density at radius 1 is 1.73 bits per heavy atom. The molecule has 0 saturated carbocycles. The van der Waals surface area contributed by atoms with Gasteiger partial charge in [0.15, 0.2) is 5.11 Å². The Morgan fingerprint density at radius 3 is 3.20 bits per heavy atom. The number of carbonyl (C=O) groups is 1. The van der Waals surface area contributed by atoms with Crippen LogP contribution >= 0.6 is 12.2 Å². The summed E-state index contributed by atoms with van der Waals surface area (Å²) in [6.45, 7) is 3.13. The normalized spacial score (nSPS) is 21.7. The van der Waals surface area contributed by atoms with E-state index in [1.165, 1.54) is 0 Å². The molecule has 4 nitrogen and oxygen atoms in total. The minimum absolute atomic E-state index is 0.00399. The highest BCUT2D eigenvalue weighted by molar-refractivity contribution is 7.80. The largest absolute Gasteiger partial charge is 0.467 e. The lowest BCUT2D eigenvalue weighted by atomic mass is 10.1. The van der Waals surface area contributed by atoms with E-state index < -0.39 is 0 Å². The van der Waals surface area contributed by atoms with Gasteiger partial charge in [0, 0.05) is 6.54 Å². The molecule has 1 N–H and O–H groups in total. The molecule has 1 saturated heterocycles. The lowest BCUT2D eigenvalue weighted by Gasteiger charge is -2.32. The first-order valence-electron chi connectivity index (χ1n) is 4.79. The molecule has 0 radical (unpaired) electrons. The number of hydrogen-bond donors (Lipinski definition) is 1. The van der Waals surface area contributed by atoms with E-state index in [0.717, 1.165) is 5.76 Å². The van der Waals surface area contributed by atoms with Crippen LogP contribution in [0.3, 0.4) is 0 Å². The van der Waals surface area contributed by atoms with Gasteiger partial charge in [-0.1, -0.05) is 6.92 Å². The highest BCUT2D eigenvalue weighted by atomic mass is 32.1. The van der Waals surface area contributed by atoms with E-state index in [9.17, 15) is 4.79 Å². The van der Waals surface area contributed by atoms with E-state index in [1.807, 2.05) is 24.0 Å². The molecule has 2 rings (SSSR count). The summed E-state index contributed by atoms with van der Waals surface area (Å²) in [5, 5.41) is 3.15. The number of nitrogens with one attached hydrogen (secondary N) is 1. The molecule has 1 aliphatic rings. The minimum atomic E-state index is -0.0355. The Hall–Kier alpha value is -1.36. The molecule has 1 atom stereocenters. The maximum Gasteiger partial charge on any atom is 0.230 e. The molecular formula is C10H12N2O2S.